The average Bonchev–Trinajstić information content (AvgIpc) is 3.02. The zero-order chi connectivity index (χ0) is 20.2. The lowest BCUT2D eigenvalue weighted by Gasteiger charge is -2.39. The van der Waals surface area contributed by atoms with Crippen molar-refractivity contribution in [2.75, 3.05) is 6.26 Å². The quantitative estimate of drug-likeness (QED) is 0.686. The number of hydrogen-bond acceptors (Lipinski definition) is 3. The first kappa shape index (κ1) is 19.2. The van der Waals surface area contributed by atoms with E-state index < -0.39 is 21.6 Å². The van der Waals surface area contributed by atoms with Crippen molar-refractivity contribution in [1.29, 1.82) is 0 Å². The Labute approximate surface area is 162 Å². The van der Waals surface area contributed by atoms with E-state index in [4.69, 9.17) is 0 Å². The van der Waals surface area contributed by atoms with Crippen molar-refractivity contribution in [1.82, 2.24) is 4.98 Å². The summed E-state index contributed by atoms with van der Waals surface area (Å²) in [4.78, 5) is 4.36. The van der Waals surface area contributed by atoms with Gasteiger partial charge >= 0.3 is 6.18 Å². The number of pyridine rings is 1. The van der Waals surface area contributed by atoms with E-state index in [0.717, 1.165) is 67.3 Å². The summed E-state index contributed by atoms with van der Waals surface area (Å²) in [5.41, 5.74) is 2.93. The first-order chi connectivity index (χ1) is 13.1. The first-order valence-electron chi connectivity index (χ1n) is 9.14. The number of rotatable bonds is 3. The molecule has 0 N–H and O–H groups in total. The zero-order valence-corrected chi connectivity index (χ0v) is 16.2. The molecule has 1 aromatic carbocycles. The smallest absolute Gasteiger partial charge is 0.256 e. The van der Waals surface area contributed by atoms with Gasteiger partial charge in [0.05, 0.1) is 16.2 Å². The maximum absolute atomic E-state index is 12.9. The molecule has 0 aliphatic heterocycles. The van der Waals surface area contributed by atoms with Crippen LogP contribution < -0.4 is 0 Å². The molecule has 1 fully saturated rings. The molecule has 4 rings (SSSR count). The Morgan fingerprint density at radius 2 is 1.61 bits per heavy atom. The minimum Gasteiger partial charge on any atom is -0.256 e. The van der Waals surface area contributed by atoms with Crippen LogP contribution in [0, 0.1) is 5.41 Å². The van der Waals surface area contributed by atoms with E-state index in [-0.39, 0.29) is 10.3 Å². The van der Waals surface area contributed by atoms with Crippen molar-refractivity contribution in [3.05, 3.63) is 59.4 Å². The maximum atomic E-state index is 12.9. The number of allylic oxidation sites excluding steroid dienone is 2. The van der Waals surface area contributed by atoms with Crippen LogP contribution in [0.15, 0.2) is 47.5 Å². The van der Waals surface area contributed by atoms with Crippen LogP contribution >= 0.6 is 0 Å². The Morgan fingerprint density at radius 3 is 2.07 bits per heavy atom. The predicted molar refractivity (Wildman–Crippen MR) is 101 cm³/mol. The lowest BCUT2D eigenvalue weighted by atomic mass is 9.66. The number of nitrogens with zero attached hydrogens (tertiary/aromatic N) is 1. The molecule has 3 nitrogen and oxygen atoms in total. The summed E-state index contributed by atoms with van der Waals surface area (Å²) in [5.74, 6) is 0. The van der Waals surface area contributed by atoms with Gasteiger partial charge in [-0.05, 0) is 72.1 Å². The maximum Gasteiger partial charge on any atom is 0.417 e. The van der Waals surface area contributed by atoms with Crippen molar-refractivity contribution in [3.63, 3.8) is 0 Å². The Kier molecular flexibility index (Phi) is 4.41. The van der Waals surface area contributed by atoms with Crippen molar-refractivity contribution < 1.29 is 21.6 Å². The van der Waals surface area contributed by atoms with E-state index >= 15 is 0 Å². The molecule has 28 heavy (non-hydrogen) atoms. The van der Waals surface area contributed by atoms with E-state index in [0.29, 0.717) is 5.69 Å². The van der Waals surface area contributed by atoms with Gasteiger partial charge in [0.15, 0.2) is 9.84 Å². The van der Waals surface area contributed by atoms with Crippen LogP contribution in [0.4, 0.5) is 13.2 Å². The molecule has 0 unspecified atom stereocenters. The Hall–Kier alpha value is -2.15. The minimum absolute atomic E-state index is 0.171. The number of aromatic nitrogens is 1. The molecule has 2 aliphatic carbocycles. The zero-order valence-electron chi connectivity index (χ0n) is 15.4. The van der Waals surface area contributed by atoms with Gasteiger partial charge in [-0.2, -0.15) is 13.2 Å². The molecule has 0 saturated heterocycles. The Morgan fingerprint density at radius 1 is 0.964 bits per heavy atom. The Bertz CT molecular complexity index is 1030. The third-order valence-corrected chi connectivity index (χ3v) is 7.04. The second kappa shape index (κ2) is 6.44. The second-order valence-corrected chi connectivity index (χ2v) is 9.91. The van der Waals surface area contributed by atoms with E-state index in [9.17, 15) is 21.6 Å². The molecule has 148 valence electrons. The van der Waals surface area contributed by atoms with Crippen LogP contribution in [-0.2, 0) is 16.0 Å². The minimum atomic E-state index is -4.41. The van der Waals surface area contributed by atoms with Crippen LogP contribution in [-0.4, -0.2) is 19.7 Å². The molecule has 2 aromatic rings. The average molecular weight is 407 g/mol. The second-order valence-electron chi connectivity index (χ2n) is 7.89. The van der Waals surface area contributed by atoms with Crippen LogP contribution in [0.25, 0.3) is 11.1 Å². The monoisotopic (exact) mass is 407 g/mol. The van der Waals surface area contributed by atoms with Gasteiger partial charge in [0.25, 0.3) is 0 Å². The van der Waals surface area contributed by atoms with Gasteiger partial charge in [0.2, 0.25) is 0 Å². The van der Waals surface area contributed by atoms with Crippen molar-refractivity contribution >= 4 is 21.0 Å². The van der Waals surface area contributed by atoms with E-state index in [1.165, 1.54) is 6.07 Å². The molecular formula is C21H20F3NO2S. The SMILES string of the molecule is CS(=O)(=O)c1ccc(C2=C(c3ccc(C(F)(F)F)cn3)CC3(CCC3)C2)cc1. The predicted octanol–water partition coefficient (Wildman–Crippen LogP) is 5.38. The van der Waals surface area contributed by atoms with Crippen LogP contribution in [0.1, 0.15) is 48.9 Å². The van der Waals surface area contributed by atoms with Gasteiger partial charge in [0, 0.05) is 12.5 Å². The standard InChI is InChI=1S/C21H20F3NO2S/c1-28(26,27)16-6-3-14(4-7-16)17-11-20(9-2-10-20)12-18(17)19-8-5-15(13-25-19)21(22,23)24/h3-8,13H,2,9-12H2,1H3. The van der Waals surface area contributed by atoms with Gasteiger partial charge in [-0.1, -0.05) is 18.6 Å². The third-order valence-electron chi connectivity index (χ3n) is 5.91. The third kappa shape index (κ3) is 3.48. The lowest BCUT2D eigenvalue weighted by Crippen LogP contribution is -2.26. The summed E-state index contributed by atoms with van der Waals surface area (Å²) >= 11 is 0. The van der Waals surface area contributed by atoms with Gasteiger partial charge in [-0.15, -0.1) is 0 Å². The number of alkyl halides is 3. The largest absolute Gasteiger partial charge is 0.417 e. The summed E-state index contributed by atoms with van der Waals surface area (Å²) in [7, 11) is -3.28. The molecule has 1 saturated carbocycles. The van der Waals surface area contributed by atoms with E-state index in [1.807, 2.05) is 0 Å². The van der Waals surface area contributed by atoms with Crippen molar-refractivity contribution in [2.24, 2.45) is 5.41 Å². The van der Waals surface area contributed by atoms with Crippen LogP contribution in [0.5, 0.6) is 0 Å². The summed E-state index contributed by atoms with van der Waals surface area (Å²) in [6.45, 7) is 0. The highest BCUT2D eigenvalue weighted by molar-refractivity contribution is 7.90. The fourth-order valence-corrected chi connectivity index (χ4v) is 4.85. The summed E-state index contributed by atoms with van der Waals surface area (Å²) in [6.07, 6.45) is 2.65. The van der Waals surface area contributed by atoms with Crippen LogP contribution in [0.3, 0.4) is 0 Å². The fourth-order valence-electron chi connectivity index (χ4n) is 4.22. The van der Waals surface area contributed by atoms with Crippen LogP contribution in [0.2, 0.25) is 0 Å². The number of hydrogen-bond donors (Lipinski definition) is 0. The molecule has 1 spiro atoms. The lowest BCUT2D eigenvalue weighted by molar-refractivity contribution is -0.137. The normalized spacial score (nSPS) is 19.1. The van der Waals surface area contributed by atoms with Crippen molar-refractivity contribution in [3.8, 4) is 0 Å². The molecule has 0 atom stereocenters. The number of benzene rings is 1. The molecule has 0 bridgehead atoms. The molecule has 7 heteroatoms. The van der Waals surface area contributed by atoms with E-state index in [2.05, 4.69) is 4.98 Å². The van der Waals surface area contributed by atoms with Gasteiger partial charge in [0.1, 0.15) is 0 Å². The molecular weight excluding hydrogens is 387 g/mol. The van der Waals surface area contributed by atoms with Gasteiger partial charge in [-0.3, -0.25) is 4.98 Å². The highest BCUT2D eigenvalue weighted by Crippen LogP contribution is 2.59. The highest BCUT2D eigenvalue weighted by atomic mass is 32.2. The number of sulfone groups is 1. The first-order valence-corrected chi connectivity index (χ1v) is 11.0. The molecule has 0 amide bonds. The van der Waals surface area contributed by atoms with Crippen molar-refractivity contribution in [2.45, 2.75) is 43.2 Å². The summed E-state index contributed by atoms with van der Waals surface area (Å²) in [6, 6.07) is 9.26. The molecule has 2 aliphatic rings. The van der Waals surface area contributed by atoms with Gasteiger partial charge < -0.3 is 0 Å². The molecule has 1 heterocycles. The fraction of sp³-hybridized carbons (Fsp3) is 0.381. The summed E-state index contributed by atoms with van der Waals surface area (Å²) in [5, 5.41) is 0. The molecule has 1 aromatic heterocycles. The van der Waals surface area contributed by atoms with Gasteiger partial charge in [-0.25, -0.2) is 8.42 Å². The molecule has 0 radical (unpaired) electrons. The number of halogens is 3. The highest BCUT2D eigenvalue weighted by Gasteiger charge is 2.44. The Balaban J connectivity index is 1.74. The summed E-state index contributed by atoms with van der Waals surface area (Å²) < 4.78 is 62.0. The van der Waals surface area contributed by atoms with E-state index in [1.54, 1.807) is 24.3 Å². The topological polar surface area (TPSA) is 47.0 Å².